The number of thiazole rings is 1. The average molecular weight is 277 g/mol. The third-order valence-electron chi connectivity index (χ3n) is 2.36. The standard InChI is InChI=1S/C10H17BrN2S/c1-5-10(3,4)13-7(2)9-12-6-8(11)14-9/h6-7,13H,5H2,1-4H3. The van der Waals surface area contributed by atoms with Crippen molar-refractivity contribution in [1.82, 2.24) is 10.3 Å². The van der Waals surface area contributed by atoms with E-state index in [-0.39, 0.29) is 5.54 Å². The fourth-order valence-electron chi connectivity index (χ4n) is 1.22. The number of nitrogens with zero attached hydrogens (tertiary/aromatic N) is 1. The molecule has 1 rings (SSSR count). The van der Waals surface area contributed by atoms with Crippen molar-refractivity contribution < 1.29 is 0 Å². The lowest BCUT2D eigenvalue weighted by molar-refractivity contribution is 0.337. The monoisotopic (exact) mass is 276 g/mol. The molecule has 4 heteroatoms. The van der Waals surface area contributed by atoms with Crippen molar-refractivity contribution in [3.63, 3.8) is 0 Å². The third kappa shape index (κ3) is 3.33. The van der Waals surface area contributed by atoms with Gasteiger partial charge in [-0.25, -0.2) is 4.98 Å². The van der Waals surface area contributed by atoms with Crippen LogP contribution in [0.5, 0.6) is 0 Å². The Balaban J connectivity index is 2.63. The van der Waals surface area contributed by atoms with E-state index in [1.54, 1.807) is 11.3 Å². The number of hydrogen-bond acceptors (Lipinski definition) is 3. The Hall–Kier alpha value is 0.0700. The molecule has 1 aromatic rings. The van der Waals surface area contributed by atoms with Gasteiger partial charge >= 0.3 is 0 Å². The highest BCUT2D eigenvalue weighted by atomic mass is 79.9. The van der Waals surface area contributed by atoms with Gasteiger partial charge in [0, 0.05) is 5.54 Å². The Morgan fingerprint density at radius 2 is 2.29 bits per heavy atom. The van der Waals surface area contributed by atoms with Crippen LogP contribution in [0.25, 0.3) is 0 Å². The summed E-state index contributed by atoms with van der Waals surface area (Å²) in [4.78, 5) is 4.34. The van der Waals surface area contributed by atoms with Crippen LogP contribution in [0, 0.1) is 0 Å². The molecule has 0 bridgehead atoms. The van der Waals surface area contributed by atoms with Gasteiger partial charge in [-0.05, 0) is 43.1 Å². The van der Waals surface area contributed by atoms with Gasteiger partial charge < -0.3 is 5.32 Å². The van der Waals surface area contributed by atoms with Gasteiger partial charge in [0.15, 0.2) is 0 Å². The van der Waals surface area contributed by atoms with Crippen LogP contribution >= 0.6 is 27.3 Å². The Bertz CT molecular complexity index is 296. The lowest BCUT2D eigenvalue weighted by Crippen LogP contribution is -2.40. The Labute approximate surface area is 98.3 Å². The minimum Gasteiger partial charge on any atom is -0.303 e. The van der Waals surface area contributed by atoms with Crippen LogP contribution in [0.3, 0.4) is 0 Å². The molecule has 1 atom stereocenters. The maximum Gasteiger partial charge on any atom is 0.110 e. The van der Waals surface area contributed by atoms with Crippen molar-refractivity contribution in [2.75, 3.05) is 0 Å². The number of halogens is 1. The minimum atomic E-state index is 0.178. The highest BCUT2D eigenvalue weighted by Crippen LogP contribution is 2.25. The zero-order valence-electron chi connectivity index (χ0n) is 9.10. The summed E-state index contributed by atoms with van der Waals surface area (Å²) in [5, 5.41) is 4.70. The van der Waals surface area contributed by atoms with E-state index < -0.39 is 0 Å². The molecule has 80 valence electrons. The van der Waals surface area contributed by atoms with E-state index >= 15 is 0 Å². The summed E-state index contributed by atoms with van der Waals surface area (Å²) >= 11 is 5.12. The molecule has 0 aliphatic rings. The molecule has 2 nitrogen and oxygen atoms in total. The zero-order chi connectivity index (χ0) is 10.8. The number of nitrogens with one attached hydrogen (secondary N) is 1. The molecule has 0 radical (unpaired) electrons. The first kappa shape index (κ1) is 12.1. The van der Waals surface area contributed by atoms with Crippen LogP contribution in [-0.2, 0) is 0 Å². The predicted molar refractivity (Wildman–Crippen MR) is 65.7 cm³/mol. The number of aromatic nitrogens is 1. The quantitative estimate of drug-likeness (QED) is 0.906. The second-order valence-electron chi connectivity index (χ2n) is 4.11. The first-order valence-corrected chi connectivity index (χ1v) is 6.44. The molecule has 0 saturated carbocycles. The smallest absolute Gasteiger partial charge is 0.110 e. The van der Waals surface area contributed by atoms with Gasteiger partial charge in [-0.15, -0.1) is 11.3 Å². The fourth-order valence-corrected chi connectivity index (χ4v) is 2.46. The number of rotatable bonds is 4. The molecule has 1 aromatic heterocycles. The Morgan fingerprint density at radius 1 is 1.64 bits per heavy atom. The predicted octanol–water partition coefficient (Wildman–Crippen LogP) is 3.74. The number of hydrogen-bond donors (Lipinski definition) is 1. The molecule has 0 fully saturated rings. The molecule has 14 heavy (non-hydrogen) atoms. The van der Waals surface area contributed by atoms with Crippen molar-refractivity contribution in [2.24, 2.45) is 0 Å². The summed E-state index contributed by atoms with van der Waals surface area (Å²) in [5.74, 6) is 0. The molecule has 0 amide bonds. The van der Waals surface area contributed by atoms with Crippen LogP contribution in [0.1, 0.15) is 45.2 Å². The van der Waals surface area contributed by atoms with E-state index in [0.29, 0.717) is 6.04 Å². The van der Waals surface area contributed by atoms with Crippen LogP contribution < -0.4 is 5.32 Å². The van der Waals surface area contributed by atoms with Crippen LogP contribution in [0.4, 0.5) is 0 Å². The highest BCUT2D eigenvalue weighted by Gasteiger charge is 2.19. The maximum absolute atomic E-state index is 4.34. The summed E-state index contributed by atoms with van der Waals surface area (Å²) in [5.41, 5.74) is 0.178. The molecule has 1 N–H and O–H groups in total. The highest BCUT2D eigenvalue weighted by molar-refractivity contribution is 9.11. The largest absolute Gasteiger partial charge is 0.303 e. The first-order chi connectivity index (χ1) is 6.44. The molecule has 0 saturated heterocycles. The van der Waals surface area contributed by atoms with Crippen LogP contribution in [0.15, 0.2) is 9.98 Å². The average Bonchev–Trinajstić information content (AvgIpc) is 2.51. The van der Waals surface area contributed by atoms with Crippen LogP contribution in [-0.4, -0.2) is 10.5 Å². The van der Waals surface area contributed by atoms with Crippen molar-refractivity contribution in [1.29, 1.82) is 0 Å². The summed E-state index contributed by atoms with van der Waals surface area (Å²) in [6.45, 7) is 8.78. The summed E-state index contributed by atoms with van der Waals surface area (Å²) in [7, 11) is 0. The molecule has 0 aliphatic heterocycles. The maximum atomic E-state index is 4.34. The topological polar surface area (TPSA) is 24.9 Å². The third-order valence-corrected chi connectivity index (χ3v) is 4.02. The van der Waals surface area contributed by atoms with Gasteiger partial charge in [-0.2, -0.15) is 0 Å². The van der Waals surface area contributed by atoms with Gasteiger partial charge in [0.25, 0.3) is 0 Å². The van der Waals surface area contributed by atoms with Crippen molar-refractivity contribution >= 4 is 27.3 Å². The lowest BCUT2D eigenvalue weighted by Gasteiger charge is -2.28. The Morgan fingerprint density at radius 3 is 2.71 bits per heavy atom. The van der Waals surface area contributed by atoms with E-state index in [9.17, 15) is 0 Å². The zero-order valence-corrected chi connectivity index (χ0v) is 11.5. The first-order valence-electron chi connectivity index (χ1n) is 4.83. The molecule has 0 aliphatic carbocycles. The van der Waals surface area contributed by atoms with Crippen molar-refractivity contribution in [3.05, 3.63) is 15.0 Å². The lowest BCUT2D eigenvalue weighted by atomic mass is 10.0. The van der Waals surface area contributed by atoms with Gasteiger partial charge in [0.05, 0.1) is 16.0 Å². The van der Waals surface area contributed by atoms with Crippen molar-refractivity contribution in [3.8, 4) is 0 Å². The summed E-state index contributed by atoms with van der Waals surface area (Å²) < 4.78 is 1.09. The second kappa shape index (κ2) is 4.73. The minimum absolute atomic E-state index is 0.178. The van der Waals surface area contributed by atoms with E-state index in [0.717, 1.165) is 15.2 Å². The SMILES string of the molecule is CCC(C)(C)NC(C)c1ncc(Br)s1. The Kier molecular flexibility index (Phi) is 4.10. The molecular weight excluding hydrogens is 260 g/mol. The van der Waals surface area contributed by atoms with E-state index in [4.69, 9.17) is 0 Å². The van der Waals surface area contributed by atoms with Gasteiger partial charge in [0.2, 0.25) is 0 Å². The van der Waals surface area contributed by atoms with Crippen molar-refractivity contribution in [2.45, 2.75) is 45.7 Å². The van der Waals surface area contributed by atoms with Crippen LogP contribution in [0.2, 0.25) is 0 Å². The summed E-state index contributed by atoms with van der Waals surface area (Å²) in [6.07, 6.45) is 2.97. The summed E-state index contributed by atoms with van der Waals surface area (Å²) in [6, 6.07) is 0.321. The van der Waals surface area contributed by atoms with E-state index in [2.05, 4.69) is 53.9 Å². The molecule has 1 unspecified atom stereocenters. The molecule has 1 heterocycles. The second-order valence-corrected chi connectivity index (χ2v) is 6.55. The van der Waals surface area contributed by atoms with Gasteiger partial charge in [-0.3, -0.25) is 0 Å². The molecular formula is C10H17BrN2S. The molecule has 0 aromatic carbocycles. The van der Waals surface area contributed by atoms with E-state index in [1.165, 1.54) is 0 Å². The molecule has 0 spiro atoms. The normalized spacial score (nSPS) is 14.4. The van der Waals surface area contributed by atoms with Gasteiger partial charge in [-0.1, -0.05) is 6.92 Å². The van der Waals surface area contributed by atoms with E-state index in [1.807, 2.05) is 6.20 Å². The van der Waals surface area contributed by atoms with Gasteiger partial charge in [0.1, 0.15) is 5.01 Å². The fraction of sp³-hybridized carbons (Fsp3) is 0.700.